The van der Waals surface area contributed by atoms with Gasteiger partial charge in [-0.05, 0) is 56.9 Å². The molecule has 2 rings (SSSR count). The van der Waals surface area contributed by atoms with Crippen LogP contribution in [0.25, 0.3) is 0 Å². The molecule has 0 aromatic heterocycles. The van der Waals surface area contributed by atoms with Crippen LogP contribution in [0, 0.1) is 11.8 Å². The average molecular weight is 225 g/mol. The third-order valence-electron chi connectivity index (χ3n) is 3.66. The second-order valence-corrected chi connectivity index (χ2v) is 5.45. The Hall–Kier alpha value is -0.570. The van der Waals surface area contributed by atoms with Crippen molar-refractivity contribution in [3.05, 3.63) is 0 Å². The van der Waals surface area contributed by atoms with Crippen LogP contribution in [-0.2, 0) is 9.53 Å². The largest absolute Gasteiger partial charge is 0.461 e. The Morgan fingerprint density at radius 1 is 1.19 bits per heavy atom. The molecule has 0 spiro atoms. The Labute approximate surface area is 97.9 Å². The first-order valence-corrected chi connectivity index (χ1v) is 6.64. The molecule has 2 saturated carbocycles. The minimum atomic E-state index is -0.0693. The van der Waals surface area contributed by atoms with E-state index in [4.69, 9.17) is 4.74 Å². The van der Waals surface area contributed by atoms with Crippen LogP contribution < -0.4 is 5.32 Å². The maximum Gasteiger partial charge on any atom is 0.320 e. The highest BCUT2D eigenvalue weighted by atomic mass is 16.5. The molecule has 0 radical (unpaired) electrons. The highest BCUT2D eigenvalue weighted by molar-refractivity contribution is 5.71. The van der Waals surface area contributed by atoms with Crippen LogP contribution >= 0.6 is 0 Å². The number of ether oxygens (including phenoxy) is 1. The number of esters is 1. The highest BCUT2D eigenvalue weighted by Gasteiger charge is 2.23. The average Bonchev–Trinajstić information content (AvgIpc) is 3.05. The topological polar surface area (TPSA) is 38.3 Å². The summed E-state index contributed by atoms with van der Waals surface area (Å²) in [5.41, 5.74) is 0. The molecule has 92 valence electrons. The van der Waals surface area contributed by atoms with Crippen LogP contribution in [0.4, 0.5) is 0 Å². The van der Waals surface area contributed by atoms with Gasteiger partial charge in [0.1, 0.15) is 6.10 Å². The fraction of sp³-hybridized carbons (Fsp3) is 0.923. The van der Waals surface area contributed by atoms with E-state index in [0.29, 0.717) is 6.54 Å². The number of hydrogen-bond acceptors (Lipinski definition) is 3. The summed E-state index contributed by atoms with van der Waals surface area (Å²) in [5.74, 6) is 1.56. The third-order valence-corrected chi connectivity index (χ3v) is 3.66. The number of carbonyl (C=O) groups is 1. The van der Waals surface area contributed by atoms with Crippen LogP contribution in [0.2, 0.25) is 0 Å². The van der Waals surface area contributed by atoms with Gasteiger partial charge in [-0.3, -0.25) is 4.79 Å². The van der Waals surface area contributed by atoms with Crippen molar-refractivity contribution in [2.75, 3.05) is 13.1 Å². The van der Waals surface area contributed by atoms with Gasteiger partial charge in [-0.25, -0.2) is 0 Å². The van der Waals surface area contributed by atoms with E-state index in [0.717, 1.165) is 31.2 Å². The molecule has 0 heterocycles. The van der Waals surface area contributed by atoms with E-state index in [1.165, 1.54) is 25.7 Å². The van der Waals surface area contributed by atoms with E-state index in [9.17, 15) is 4.79 Å². The molecule has 0 aliphatic heterocycles. The molecule has 3 nitrogen and oxygen atoms in total. The maximum atomic E-state index is 11.5. The first-order valence-electron chi connectivity index (χ1n) is 6.64. The fourth-order valence-corrected chi connectivity index (χ4v) is 2.28. The lowest BCUT2D eigenvalue weighted by Gasteiger charge is -2.26. The van der Waals surface area contributed by atoms with Crippen LogP contribution in [-0.4, -0.2) is 25.2 Å². The van der Waals surface area contributed by atoms with E-state index < -0.39 is 0 Å². The summed E-state index contributed by atoms with van der Waals surface area (Å²) < 4.78 is 5.44. The number of carbonyl (C=O) groups excluding carboxylic acids is 1. The Balaban J connectivity index is 1.55. The summed E-state index contributed by atoms with van der Waals surface area (Å²) >= 11 is 0. The van der Waals surface area contributed by atoms with E-state index in [1.807, 2.05) is 0 Å². The van der Waals surface area contributed by atoms with Crippen molar-refractivity contribution in [2.24, 2.45) is 11.8 Å². The van der Waals surface area contributed by atoms with Gasteiger partial charge >= 0.3 is 5.97 Å². The zero-order valence-electron chi connectivity index (χ0n) is 10.2. The van der Waals surface area contributed by atoms with E-state index in [1.54, 1.807) is 0 Å². The summed E-state index contributed by atoms with van der Waals surface area (Å²) in [5, 5.41) is 3.17. The standard InChI is InChI=1S/C13H23NO2/c1-10-2-6-12(7-3-10)16-13(15)9-14-8-11-4-5-11/h10-12,14H,2-9H2,1H3. The predicted molar refractivity (Wildman–Crippen MR) is 63.1 cm³/mol. The molecule has 0 bridgehead atoms. The fourth-order valence-electron chi connectivity index (χ4n) is 2.28. The molecular weight excluding hydrogens is 202 g/mol. The number of hydrogen-bond donors (Lipinski definition) is 1. The van der Waals surface area contributed by atoms with Gasteiger partial charge < -0.3 is 10.1 Å². The second-order valence-electron chi connectivity index (χ2n) is 5.45. The molecule has 2 fully saturated rings. The second kappa shape index (κ2) is 5.67. The molecule has 0 unspecified atom stereocenters. The zero-order valence-corrected chi connectivity index (χ0v) is 10.2. The molecule has 0 aromatic rings. The predicted octanol–water partition coefficient (Wildman–Crippen LogP) is 2.11. The monoisotopic (exact) mass is 225 g/mol. The third kappa shape index (κ3) is 4.12. The van der Waals surface area contributed by atoms with Crippen molar-refractivity contribution in [3.63, 3.8) is 0 Å². The summed E-state index contributed by atoms with van der Waals surface area (Å²) in [4.78, 5) is 11.5. The first kappa shape index (κ1) is 11.9. The van der Waals surface area contributed by atoms with Crippen molar-refractivity contribution in [1.29, 1.82) is 0 Å². The molecular formula is C13H23NO2. The molecule has 16 heavy (non-hydrogen) atoms. The molecule has 0 amide bonds. The lowest BCUT2D eigenvalue weighted by molar-refractivity contribution is -0.149. The quantitative estimate of drug-likeness (QED) is 0.728. The van der Waals surface area contributed by atoms with Gasteiger partial charge in [0.15, 0.2) is 0 Å². The van der Waals surface area contributed by atoms with Crippen LogP contribution in [0.1, 0.15) is 45.4 Å². The molecule has 2 aliphatic rings. The minimum absolute atomic E-state index is 0.0693. The highest BCUT2D eigenvalue weighted by Crippen LogP contribution is 2.27. The summed E-state index contributed by atoms with van der Waals surface area (Å²) in [7, 11) is 0. The summed E-state index contributed by atoms with van der Waals surface area (Å²) in [6, 6.07) is 0. The van der Waals surface area contributed by atoms with E-state index in [2.05, 4.69) is 12.2 Å². The lowest BCUT2D eigenvalue weighted by atomic mass is 9.89. The Morgan fingerprint density at radius 3 is 2.50 bits per heavy atom. The van der Waals surface area contributed by atoms with Crippen molar-refractivity contribution in [3.8, 4) is 0 Å². The number of rotatable bonds is 5. The molecule has 1 N–H and O–H groups in total. The van der Waals surface area contributed by atoms with Crippen molar-refractivity contribution in [1.82, 2.24) is 5.32 Å². The van der Waals surface area contributed by atoms with E-state index in [-0.39, 0.29) is 12.1 Å². The molecule has 0 atom stereocenters. The Morgan fingerprint density at radius 2 is 1.88 bits per heavy atom. The Bertz CT molecular complexity index is 230. The minimum Gasteiger partial charge on any atom is -0.461 e. The van der Waals surface area contributed by atoms with Crippen molar-refractivity contribution >= 4 is 5.97 Å². The first-order chi connectivity index (χ1) is 7.74. The van der Waals surface area contributed by atoms with Crippen LogP contribution in [0.3, 0.4) is 0 Å². The van der Waals surface area contributed by atoms with Gasteiger partial charge in [0.2, 0.25) is 0 Å². The normalized spacial score (nSPS) is 30.1. The van der Waals surface area contributed by atoms with E-state index >= 15 is 0 Å². The molecule has 0 aromatic carbocycles. The van der Waals surface area contributed by atoms with Gasteiger partial charge in [0.25, 0.3) is 0 Å². The smallest absolute Gasteiger partial charge is 0.320 e. The van der Waals surface area contributed by atoms with Gasteiger partial charge in [-0.2, -0.15) is 0 Å². The number of nitrogens with one attached hydrogen (secondary N) is 1. The lowest BCUT2D eigenvalue weighted by Crippen LogP contribution is -2.31. The van der Waals surface area contributed by atoms with Gasteiger partial charge in [-0.1, -0.05) is 6.92 Å². The van der Waals surface area contributed by atoms with Gasteiger partial charge in [0, 0.05) is 0 Å². The molecule has 0 saturated heterocycles. The van der Waals surface area contributed by atoms with Gasteiger partial charge in [0.05, 0.1) is 6.54 Å². The van der Waals surface area contributed by atoms with Crippen LogP contribution in [0.15, 0.2) is 0 Å². The molecule has 2 aliphatic carbocycles. The summed E-state index contributed by atoms with van der Waals surface area (Å²) in [6.07, 6.45) is 7.34. The van der Waals surface area contributed by atoms with Crippen molar-refractivity contribution < 1.29 is 9.53 Å². The SMILES string of the molecule is CC1CCC(OC(=O)CNCC2CC2)CC1. The van der Waals surface area contributed by atoms with Crippen LogP contribution in [0.5, 0.6) is 0 Å². The zero-order chi connectivity index (χ0) is 11.4. The van der Waals surface area contributed by atoms with Gasteiger partial charge in [-0.15, -0.1) is 0 Å². The van der Waals surface area contributed by atoms with Crippen molar-refractivity contribution in [2.45, 2.75) is 51.6 Å². The molecule has 3 heteroatoms. The summed E-state index contributed by atoms with van der Waals surface area (Å²) in [6.45, 7) is 3.65. The maximum absolute atomic E-state index is 11.5. The Kier molecular flexibility index (Phi) is 4.22.